The van der Waals surface area contributed by atoms with Gasteiger partial charge in [0.25, 0.3) is 0 Å². The normalized spacial score (nSPS) is 12.8. The first-order valence-electron chi connectivity index (χ1n) is 6.66. The maximum atomic E-state index is 12.5. The van der Waals surface area contributed by atoms with Gasteiger partial charge in [-0.05, 0) is 29.6 Å². The van der Waals surface area contributed by atoms with E-state index in [0.717, 1.165) is 17.6 Å². The number of hydrogen-bond acceptors (Lipinski definition) is 0. The number of unbranched alkanes of at least 4 members (excludes halogenated alkanes) is 1. The molecule has 0 aliphatic heterocycles. The molecule has 19 heavy (non-hydrogen) atoms. The molecule has 1 unspecified atom stereocenters. The van der Waals surface area contributed by atoms with Crippen LogP contribution in [0.2, 0.25) is 0 Å². The molecule has 0 radical (unpaired) electrons. The van der Waals surface area contributed by atoms with Gasteiger partial charge in [0, 0.05) is 0 Å². The van der Waals surface area contributed by atoms with Crippen LogP contribution < -0.4 is 0 Å². The van der Waals surface area contributed by atoms with Crippen molar-refractivity contribution in [3.63, 3.8) is 0 Å². The van der Waals surface area contributed by atoms with Gasteiger partial charge in [0.1, 0.15) is 5.83 Å². The third kappa shape index (κ3) is 8.15. The van der Waals surface area contributed by atoms with Crippen LogP contribution in [0.4, 0.5) is 4.39 Å². The first kappa shape index (κ1) is 17.4. The van der Waals surface area contributed by atoms with Crippen LogP contribution in [0.5, 0.6) is 0 Å². The van der Waals surface area contributed by atoms with E-state index in [0.29, 0.717) is 11.5 Å². The second-order valence-electron chi connectivity index (χ2n) is 4.78. The Hall–Kier alpha value is -1.63. The highest BCUT2D eigenvalue weighted by Crippen LogP contribution is 2.19. The Morgan fingerprint density at radius 3 is 2.00 bits per heavy atom. The Morgan fingerprint density at radius 1 is 1.00 bits per heavy atom. The van der Waals surface area contributed by atoms with Gasteiger partial charge < -0.3 is 0 Å². The molecule has 0 rings (SSSR count). The lowest BCUT2D eigenvalue weighted by Gasteiger charge is -2.10. The maximum absolute atomic E-state index is 12.5. The molecule has 0 fully saturated rings. The summed E-state index contributed by atoms with van der Waals surface area (Å²) in [6.45, 7) is 19.3. The number of hydrogen-bond donors (Lipinski definition) is 0. The molecule has 0 saturated heterocycles. The molecule has 1 atom stereocenters. The van der Waals surface area contributed by atoms with Crippen molar-refractivity contribution >= 4 is 0 Å². The summed E-state index contributed by atoms with van der Waals surface area (Å²) >= 11 is 0. The van der Waals surface area contributed by atoms with Crippen molar-refractivity contribution in [2.75, 3.05) is 0 Å². The predicted molar refractivity (Wildman–Crippen MR) is 84.6 cm³/mol. The number of halogens is 1. The van der Waals surface area contributed by atoms with E-state index in [-0.39, 0.29) is 0 Å². The van der Waals surface area contributed by atoms with Crippen LogP contribution in [0.3, 0.4) is 0 Å². The zero-order valence-electron chi connectivity index (χ0n) is 12.2. The molecule has 0 spiro atoms. The SMILES string of the molecule is C=C(F)/C=C\C(=C)C(=C)/C=C\C(=C)C(C)CCCC. The van der Waals surface area contributed by atoms with E-state index < -0.39 is 5.83 Å². The summed E-state index contributed by atoms with van der Waals surface area (Å²) in [5, 5.41) is 0. The first-order chi connectivity index (χ1) is 8.88. The van der Waals surface area contributed by atoms with E-state index in [2.05, 4.69) is 40.2 Å². The molecule has 1 heteroatoms. The molecule has 0 N–H and O–H groups in total. The molecule has 0 nitrogen and oxygen atoms in total. The lowest BCUT2D eigenvalue weighted by Crippen LogP contribution is -1.95. The van der Waals surface area contributed by atoms with Gasteiger partial charge in [-0.2, -0.15) is 0 Å². The minimum absolute atomic E-state index is 0.471. The van der Waals surface area contributed by atoms with Crippen LogP contribution in [-0.4, -0.2) is 0 Å². The third-order valence-corrected chi connectivity index (χ3v) is 3.00. The van der Waals surface area contributed by atoms with Crippen molar-refractivity contribution in [1.29, 1.82) is 0 Å². The van der Waals surface area contributed by atoms with Crippen molar-refractivity contribution in [2.45, 2.75) is 33.1 Å². The molecule has 0 aromatic carbocycles. The lowest BCUT2D eigenvalue weighted by molar-refractivity contribution is 0.582. The Labute approximate surface area is 117 Å². The minimum atomic E-state index is -0.490. The van der Waals surface area contributed by atoms with Gasteiger partial charge in [-0.1, -0.05) is 76.8 Å². The van der Waals surface area contributed by atoms with Crippen molar-refractivity contribution in [3.8, 4) is 0 Å². The Morgan fingerprint density at radius 2 is 1.53 bits per heavy atom. The highest BCUT2D eigenvalue weighted by molar-refractivity contribution is 5.45. The van der Waals surface area contributed by atoms with Crippen LogP contribution in [0.25, 0.3) is 0 Å². The summed E-state index contributed by atoms with van der Waals surface area (Å²) in [4.78, 5) is 0. The molecule has 0 aliphatic rings. The van der Waals surface area contributed by atoms with Gasteiger partial charge in [0.05, 0.1) is 0 Å². The van der Waals surface area contributed by atoms with Gasteiger partial charge in [-0.3, -0.25) is 0 Å². The van der Waals surface area contributed by atoms with E-state index in [9.17, 15) is 4.39 Å². The summed E-state index contributed by atoms with van der Waals surface area (Å²) in [6, 6.07) is 0. The molecule has 0 saturated carbocycles. The first-order valence-corrected chi connectivity index (χ1v) is 6.66. The fourth-order valence-electron chi connectivity index (χ4n) is 1.47. The summed E-state index contributed by atoms with van der Waals surface area (Å²) < 4.78 is 12.5. The largest absolute Gasteiger partial charge is 0.208 e. The topological polar surface area (TPSA) is 0 Å². The monoisotopic (exact) mass is 260 g/mol. The van der Waals surface area contributed by atoms with Gasteiger partial charge in [-0.15, -0.1) is 0 Å². The fraction of sp³-hybridized carbons (Fsp3) is 0.333. The van der Waals surface area contributed by atoms with Gasteiger partial charge >= 0.3 is 0 Å². The molecular formula is C18H25F. The molecule has 104 valence electrons. The van der Waals surface area contributed by atoms with Crippen LogP contribution in [0.1, 0.15) is 33.1 Å². The molecule has 0 bridgehead atoms. The molecule has 0 aromatic heterocycles. The average molecular weight is 260 g/mol. The number of allylic oxidation sites excluding steroid dienone is 8. The van der Waals surface area contributed by atoms with Crippen molar-refractivity contribution in [2.24, 2.45) is 5.92 Å². The lowest BCUT2D eigenvalue weighted by atomic mass is 9.95. The second kappa shape index (κ2) is 9.32. The van der Waals surface area contributed by atoms with E-state index in [4.69, 9.17) is 0 Å². The van der Waals surface area contributed by atoms with Crippen LogP contribution >= 0.6 is 0 Å². The highest BCUT2D eigenvalue weighted by atomic mass is 19.1. The van der Waals surface area contributed by atoms with E-state index in [1.165, 1.54) is 18.9 Å². The summed E-state index contributed by atoms with van der Waals surface area (Å²) in [6.07, 6.45) is 10.2. The Balaban J connectivity index is 4.39. The fourth-order valence-corrected chi connectivity index (χ4v) is 1.47. The third-order valence-electron chi connectivity index (χ3n) is 3.00. The number of rotatable bonds is 9. The molecule has 0 heterocycles. The minimum Gasteiger partial charge on any atom is -0.208 e. The van der Waals surface area contributed by atoms with Gasteiger partial charge in [-0.25, -0.2) is 4.39 Å². The Kier molecular flexibility index (Phi) is 8.52. The molecule has 0 aromatic rings. The van der Waals surface area contributed by atoms with Crippen LogP contribution in [0, 0.1) is 5.92 Å². The zero-order valence-corrected chi connectivity index (χ0v) is 12.2. The van der Waals surface area contributed by atoms with Crippen molar-refractivity contribution in [1.82, 2.24) is 0 Å². The average Bonchev–Trinajstić information content (AvgIpc) is 2.38. The zero-order chi connectivity index (χ0) is 14.8. The second-order valence-corrected chi connectivity index (χ2v) is 4.78. The summed E-state index contributed by atoms with van der Waals surface area (Å²) in [7, 11) is 0. The standard InChI is InChI=1S/C18H25F/c1-7-8-9-14(2)15(3)10-11-16(4)17(5)12-13-18(6)19/h10-14H,3-9H2,1-2H3/b11-10-,13-12-. The van der Waals surface area contributed by atoms with Crippen LogP contribution in [0.15, 0.2) is 73.2 Å². The van der Waals surface area contributed by atoms with Crippen molar-refractivity contribution in [3.05, 3.63) is 73.2 Å². The quantitative estimate of drug-likeness (QED) is 0.441. The van der Waals surface area contributed by atoms with E-state index in [1.54, 1.807) is 6.08 Å². The molecular weight excluding hydrogens is 235 g/mol. The predicted octanol–water partition coefficient (Wildman–Crippen LogP) is 6.08. The van der Waals surface area contributed by atoms with Gasteiger partial charge in [0.2, 0.25) is 0 Å². The summed E-state index contributed by atoms with van der Waals surface area (Å²) in [5.74, 6) is -0.0195. The Bertz CT molecular complexity index is 407. The van der Waals surface area contributed by atoms with Crippen LogP contribution in [-0.2, 0) is 0 Å². The molecule has 0 amide bonds. The summed E-state index contributed by atoms with van der Waals surface area (Å²) in [5.41, 5.74) is 2.51. The van der Waals surface area contributed by atoms with E-state index in [1.807, 2.05) is 12.2 Å². The highest BCUT2D eigenvalue weighted by Gasteiger charge is 2.03. The van der Waals surface area contributed by atoms with Crippen molar-refractivity contribution < 1.29 is 4.39 Å². The maximum Gasteiger partial charge on any atom is 0.116 e. The smallest absolute Gasteiger partial charge is 0.116 e. The molecule has 0 aliphatic carbocycles. The van der Waals surface area contributed by atoms with E-state index >= 15 is 0 Å². The van der Waals surface area contributed by atoms with Gasteiger partial charge in [0.15, 0.2) is 0 Å².